The highest BCUT2D eigenvalue weighted by atomic mass is 15.2. The lowest BCUT2D eigenvalue weighted by molar-refractivity contribution is 0.104. The molecule has 0 spiro atoms. The van der Waals surface area contributed by atoms with Gasteiger partial charge in [0.25, 0.3) is 0 Å². The molecule has 0 bridgehead atoms. The Kier molecular flexibility index (Phi) is 3.15. The van der Waals surface area contributed by atoms with Crippen LogP contribution in [-0.2, 0) is 6.54 Å². The van der Waals surface area contributed by atoms with E-state index in [9.17, 15) is 0 Å². The lowest BCUT2D eigenvalue weighted by Crippen LogP contribution is -2.42. The maximum atomic E-state index is 2.66. The zero-order valence-electron chi connectivity index (χ0n) is 10.1. The molecule has 1 aliphatic rings. The molecule has 1 aliphatic heterocycles. The van der Waals surface area contributed by atoms with Gasteiger partial charge in [-0.25, -0.2) is 0 Å². The first kappa shape index (κ1) is 10.7. The van der Waals surface area contributed by atoms with Crippen LogP contribution in [0.15, 0.2) is 18.3 Å². The van der Waals surface area contributed by atoms with E-state index in [0.717, 1.165) is 6.54 Å². The summed E-state index contributed by atoms with van der Waals surface area (Å²) in [5.41, 5.74) is 1.50. The van der Waals surface area contributed by atoms with E-state index in [1.54, 1.807) is 0 Å². The Labute approximate surface area is 92.9 Å². The molecule has 2 atom stereocenters. The summed E-state index contributed by atoms with van der Waals surface area (Å²) < 4.78 is 2.41. The van der Waals surface area contributed by atoms with Crippen molar-refractivity contribution in [2.45, 2.75) is 52.2 Å². The third-order valence-corrected chi connectivity index (χ3v) is 3.75. The molecule has 1 aromatic heterocycles. The number of hydrogen-bond acceptors (Lipinski definition) is 1. The van der Waals surface area contributed by atoms with E-state index in [2.05, 4.69) is 48.6 Å². The van der Waals surface area contributed by atoms with Crippen molar-refractivity contribution in [2.75, 3.05) is 6.54 Å². The van der Waals surface area contributed by atoms with Gasteiger partial charge in [0.2, 0.25) is 0 Å². The van der Waals surface area contributed by atoms with Gasteiger partial charge in [-0.3, -0.25) is 4.90 Å². The summed E-state index contributed by atoms with van der Waals surface area (Å²) >= 11 is 0. The van der Waals surface area contributed by atoms with Crippen molar-refractivity contribution in [3.8, 4) is 0 Å². The molecule has 0 fully saturated rings. The smallest absolute Gasteiger partial charge is 0.0501 e. The maximum Gasteiger partial charge on any atom is 0.0501 e. The molecular formula is C13H22N2. The molecule has 2 nitrogen and oxygen atoms in total. The van der Waals surface area contributed by atoms with E-state index >= 15 is 0 Å². The molecule has 0 amide bonds. The molecule has 2 rings (SSSR count). The average molecular weight is 206 g/mol. The summed E-state index contributed by atoms with van der Waals surface area (Å²) in [6, 6.07) is 5.79. The standard InChI is InChI=1S/C13H22N2/c1-4-11(3)15-10-9-14-8-6-7-13(14)12(15)5-2/h6-8,11-12H,4-5,9-10H2,1-3H3. The maximum absolute atomic E-state index is 2.66. The summed E-state index contributed by atoms with van der Waals surface area (Å²) in [5.74, 6) is 0. The van der Waals surface area contributed by atoms with Crippen LogP contribution in [0.3, 0.4) is 0 Å². The molecule has 0 saturated carbocycles. The molecule has 2 heteroatoms. The Morgan fingerprint density at radius 2 is 2.20 bits per heavy atom. The molecule has 2 heterocycles. The fraction of sp³-hybridized carbons (Fsp3) is 0.692. The summed E-state index contributed by atoms with van der Waals surface area (Å²) in [5, 5.41) is 0. The van der Waals surface area contributed by atoms with E-state index in [1.807, 2.05) is 0 Å². The Hall–Kier alpha value is -0.760. The predicted octanol–water partition coefficient (Wildman–Crippen LogP) is 3.05. The Balaban J connectivity index is 2.24. The van der Waals surface area contributed by atoms with Gasteiger partial charge >= 0.3 is 0 Å². The van der Waals surface area contributed by atoms with Crippen molar-refractivity contribution in [3.63, 3.8) is 0 Å². The average Bonchev–Trinajstić information content (AvgIpc) is 2.74. The fourth-order valence-electron chi connectivity index (χ4n) is 2.69. The molecule has 84 valence electrons. The molecule has 1 aromatic rings. The minimum Gasteiger partial charge on any atom is -0.349 e. The highest BCUT2D eigenvalue weighted by Crippen LogP contribution is 2.30. The van der Waals surface area contributed by atoms with Crippen molar-refractivity contribution in [3.05, 3.63) is 24.0 Å². The quantitative estimate of drug-likeness (QED) is 0.738. The second-order valence-corrected chi connectivity index (χ2v) is 4.55. The van der Waals surface area contributed by atoms with Crippen LogP contribution in [-0.4, -0.2) is 22.1 Å². The van der Waals surface area contributed by atoms with Gasteiger partial charge in [0, 0.05) is 31.0 Å². The molecule has 0 radical (unpaired) electrons. The van der Waals surface area contributed by atoms with Gasteiger partial charge in [-0.2, -0.15) is 0 Å². The number of rotatable bonds is 3. The van der Waals surface area contributed by atoms with E-state index in [-0.39, 0.29) is 0 Å². The lowest BCUT2D eigenvalue weighted by atomic mass is 10.0. The highest BCUT2D eigenvalue weighted by molar-refractivity contribution is 5.14. The van der Waals surface area contributed by atoms with Gasteiger partial charge in [0.15, 0.2) is 0 Å². The number of fused-ring (bicyclic) bond motifs is 1. The van der Waals surface area contributed by atoms with Gasteiger partial charge in [0.05, 0.1) is 6.04 Å². The van der Waals surface area contributed by atoms with Gasteiger partial charge in [0.1, 0.15) is 0 Å². The Morgan fingerprint density at radius 1 is 1.40 bits per heavy atom. The Morgan fingerprint density at radius 3 is 2.87 bits per heavy atom. The SMILES string of the molecule is CCC(C)N1CCn2cccc2C1CC. The van der Waals surface area contributed by atoms with E-state index < -0.39 is 0 Å². The van der Waals surface area contributed by atoms with E-state index in [0.29, 0.717) is 12.1 Å². The zero-order valence-corrected chi connectivity index (χ0v) is 10.1. The van der Waals surface area contributed by atoms with Crippen LogP contribution in [0.2, 0.25) is 0 Å². The summed E-state index contributed by atoms with van der Waals surface area (Å²) in [6.45, 7) is 9.29. The Bertz CT molecular complexity index is 316. The highest BCUT2D eigenvalue weighted by Gasteiger charge is 2.28. The van der Waals surface area contributed by atoms with E-state index in [4.69, 9.17) is 0 Å². The predicted molar refractivity (Wildman–Crippen MR) is 63.9 cm³/mol. The second-order valence-electron chi connectivity index (χ2n) is 4.55. The molecular weight excluding hydrogens is 184 g/mol. The van der Waals surface area contributed by atoms with Crippen LogP contribution in [0, 0.1) is 0 Å². The lowest BCUT2D eigenvalue weighted by Gasteiger charge is -2.40. The molecule has 0 saturated heterocycles. The summed E-state index contributed by atoms with van der Waals surface area (Å²) in [4.78, 5) is 2.66. The molecule has 0 aliphatic carbocycles. The largest absolute Gasteiger partial charge is 0.349 e. The van der Waals surface area contributed by atoms with Crippen molar-refractivity contribution < 1.29 is 0 Å². The summed E-state index contributed by atoms with van der Waals surface area (Å²) in [7, 11) is 0. The van der Waals surface area contributed by atoms with Crippen LogP contribution < -0.4 is 0 Å². The van der Waals surface area contributed by atoms with Crippen molar-refractivity contribution in [1.29, 1.82) is 0 Å². The molecule has 0 aromatic carbocycles. The number of aromatic nitrogens is 1. The monoisotopic (exact) mass is 206 g/mol. The van der Waals surface area contributed by atoms with Crippen molar-refractivity contribution in [2.24, 2.45) is 0 Å². The third-order valence-electron chi connectivity index (χ3n) is 3.75. The van der Waals surface area contributed by atoms with Crippen LogP contribution in [0.25, 0.3) is 0 Å². The van der Waals surface area contributed by atoms with Crippen LogP contribution in [0.5, 0.6) is 0 Å². The summed E-state index contributed by atoms with van der Waals surface area (Å²) in [6.07, 6.45) is 4.68. The molecule has 2 unspecified atom stereocenters. The fourth-order valence-corrected chi connectivity index (χ4v) is 2.69. The van der Waals surface area contributed by atoms with Crippen LogP contribution in [0.4, 0.5) is 0 Å². The zero-order chi connectivity index (χ0) is 10.8. The van der Waals surface area contributed by atoms with Crippen LogP contribution >= 0.6 is 0 Å². The topological polar surface area (TPSA) is 8.17 Å². The minimum absolute atomic E-state index is 0.628. The van der Waals surface area contributed by atoms with Gasteiger partial charge in [-0.1, -0.05) is 13.8 Å². The van der Waals surface area contributed by atoms with Gasteiger partial charge in [-0.15, -0.1) is 0 Å². The normalized spacial score (nSPS) is 23.8. The first-order chi connectivity index (χ1) is 7.27. The molecule has 15 heavy (non-hydrogen) atoms. The first-order valence-electron chi connectivity index (χ1n) is 6.18. The van der Waals surface area contributed by atoms with Crippen LogP contribution in [0.1, 0.15) is 45.3 Å². The molecule has 0 N–H and O–H groups in total. The van der Waals surface area contributed by atoms with Crippen molar-refractivity contribution >= 4 is 0 Å². The van der Waals surface area contributed by atoms with Gasteiger partial charge in [-0.05, 0) is 31.9 Å². The number of nitrogens with zero attached hydrogens (tertiary/aromatic N) is 2. The van der Waals surface area contributed by atoms with Gasteiger partial charge < -0.3 is 4.57 Å². The number of hydrogen-bond donors (Lipinski definition) is 0. The van der Waals surface area contributed by atoms with E-state index in [1.165, 1.54) is 25.1 Å². The van der Waals surface area contributed by atoms with Crippen molar-refractivity contribution in [1.82, 2.24) is 9.47 Å². The second kappa shape index (κ2) is 4.40. The first-order valence-corrected chi connectivity index (χ1v) is 6.18. The third kappa shape index (κ3) is 1.83. The minimum atomic E-state index is 0.628.